The maximum Gasteiger partial charge on any atom is 0.319 e. The molecule has 10 heteroatoms. The van der Waals surface area contributed by atoms with E-state index in [0.717, 1.165) is 5.56 Å². The van der Waals surface area contributed by atoms with Crippen LogP contribution in [0.1, 0.15) is 38.8 Å². The molecule has 0 spiro atoms. The number of carbonyl (C=O) groups excluding carboxylic acids is 2. The summed E-state index contributed by atoms with van der Waals surface area (Å²) >= 11 is 12.3. The fourth-order valence-corrected chi connectivity index (χ4v) is 4.80. The van der Waals surface area contributed by atoms with E-state index in [1.54, 1.807) is 29.2 Å². The van der Waals surface area contributed by atoms with Crippen molar-refractivity contribution in [2.75, 3.05) is 32.1 Å². The predicted octanol–water partition coefficient (Wildman–Crippen LogP) is 4.80. The number of fused-ring (bicyclic) bond motifs is 1. The molecule has 0 aromatic heterocycles. The van der Waals surface area contributed by atoms with Gasteiger partial charge in [-0.25, -0.2) is 4.79 Å². The Labute approximate surface area is 235 Å². The molecule has 0 radical (unpaired) electrons. The third-order valence-electron chi connectivity index (χ3n) is 6.52. The van der Waals surface area contributed by atoms with Crippen molar-refractivity contribution in [2.24, 2.45) is 5.92 Å². The molecule has 1 aliphatic heterocycles. The zero-order valence-electron chi connectivity index (χ0n) is 22.6. The number of amides is 3. The third-order valence-corrected chi connectivity index (χ3v) is 7.26. The molecule has 0 unspecified atom stereocenters. The van der Waals surface area contributed by atoms with E-state index in [1.165, 1.54) is 0 Å². The van der Waals surface area contributed by atoms with Crippen LogP contribution in [0.2, 0.25) is 10.0 Å². The molecule has 0 fully saturated rings. The minimum atomic E-state index is -0.334. The lowest BCUT2D eigenvalue weighted by molar-refractivity contribution is -0.134. The highest BCUT2D eigenvalue weighted by Crippen LogP contribution is 2.30. The summed E-state index contributed by atoms with van der Waals surface area (Å²) in [6, 6.07) is 10.3. The first kappa shape index (κ1) is 30.0. The lowest BCUT2D eigenvalue weighted by Crippen LogP contribution is -2.47. The van der Waals surface area contributed by atoms with Crippen LogP contribution in [0, 0.1) is 5.92 Å². The number of rotatable bonds is 8. The maximum absolute atomic E-state index is 13.4. The molecule has 2 aromatic rings. The average molecular weight is 566 g/mol. The van der Waals surface area contributed by atoms with Crippen molar-refractivity contribution >= 4 is 40.8 Å². The van der Waals surface area contributed by atoms with Gasteiger partial charge >= 0.3 is 6.03 Å². The van der Waals surface area contributed by atoms with Crippen LogP contribution in [-0.4, -0.2) is 71.8 Å². The molecular formula is C28H38Cl2N4O4. The van der Waals surface area contributed by atoms with E-state index >= 15 is 0 Å². The largest absolute Gasteiger partial charge is 0.488 e. The van der Waals surface area contributed by atoms with Crippen LogP contribution in [-0.2, 0) is 17.8 Å². The summed E-state index contributed by atoms with van der Waals surface area (Å²) in [6.07, 6.45) is -0.150. The van der Waals surface area contributed by atoms with E-state index in [2.05, 4.69) is 22.5 Å². The highest BCUT2D eigenvalue weighted by atomic mass is 35.5. The number of benzene rings is 2. The average Bonchev–Trinajstić information content (AvgIpc) is 2.88. The Morgan fingerprint density at radius 1 is 1.18 bits per heavy atom. The first-order chi connectivity index (χ1) is 18.0. The Bertz CT molecular complexity index is 1130. The van der Waals surface area contributed by atoms with Gasteiger partial charge in [0.15, 0.2) is 0 Å². The fourth-order valence-electron chi connectivity index (χ4n) is 4.48. The zero-order chi connectivity index (χ0) is 28.0. The van der Waals surface area contributed by atoms with Gasteiger partial charge in [0.1, 0.15) is 11.9 Å². The van der Waals surface area contributed by atoms with E-state index in [1.807, 2.05) is 40.0 Å². The molecule has 8 nitrogen and oxygen atoms in total. The number of halogens is 2. The van der Waals surface area contributed by atoms with Gasteiger partial charge < -0.3 is 25.4 Å². The van der Waals surface area contributed by atoms with Crippen LogP contribution in [0.3, 0.4) is 0 Å². The molecule has 0 saturated heterocycles. The summed E-state index contributed by atoms with van der Waals surface area (Å²) in [6.45, 7) is 9.20. The number of nitrogens with zero attached hydrogens (tertiary/aromatic N) is 2. The quantitative estimate of drug-likeness (QED) is 0.428. The monoisotopic (exact) mass is 564 g/mol. The summed E-state index contributed by atoms with van der Waals surface area (Å²) in [5.74, 6) is 0.480. The molecule has 0 bridgehead atoms. The summed E-state index contributed by atoms with van der Waals surface area (Å²) in [5, 5.41) is 16.5. The molecule has 208 valence electrons. The molecule has 3 rings (SSSR count). The Kier molecular flexibility index (Phi) is 10.7. The Balaban J connectivity index is 1.87. The van der Waals surface area contributed by atoms with Crippen molar-refractivity contribution in [2.45, 2.75) is 58.8 Å². The van der Waals surface area contributed by atoms with Crippen LogP contribution in [0.4, 0.5) is 10.5 Å². The van der Waals surface area contributed by atoms with Crippen molar-refractivity contribution < 1.29 is 19.4 Å². The first-order valence-electron chi connectivity index (χ1n) is 12.9. The lowest BCUT2D eigenvalue weighted by Gasteiger charge is -2.34. The number of hydrogen-bond acceptors (Lipinski definition) is 5. The predicted molar refractivity (Wildman–Crippen MR) is 152 cm³/mol. The minimum absolute atomic E-state index is 0.00979. The van der Waals surface area contributed by atoms with Gasteiger partial charge in [-0.15, -0.1) is 0 Å². The highest BCUT2D eigenvalue weighted by Gasteiger charge is 2.31. The number of likely N-dealkylation sites (N-methyl/N-ethyl adjacent to an activating group) is 1. The van der Waals surface area contributed by atoms with Crippen molar-refractivity contribution in [3.8, 4) is 5.75 Å². The van der Waals surface area contributed by atoms with Crippen LogP contribution in [0.5, 0.6) is 5.75 Å². The number of nitrogens with one attached hydrogen (secondary N) is 2. The van der Waals surface area contributed by atoms with Gasteiger partial charge in [-0.2, -0.15) is 0 Å². The molecule has 38 heavy (non-hydrogen) atoms. The van der Waals surface area contributed by atoms with Crippen LogP contribution in [0.25, 0.3) is 0 Å². The van der Waals surface area contributed by atoms with Crippen molar-refractivity contribution in [3.05, 3.63) is 57.6 Å². The molecule has 3 N–H and O–H groups in total. The molecule has 0 aliphatic carbocycles. The van der Waals surface area contributed by atoms with E-state index < -0.39 is 0 Å². The zero-order valence-corrected chi connectivity index (χ0v) is 24.1. The van der Waals surface area contributed by atoms with Crippen LogP contribution < -0.4 is 15.4 Å². The molecule has 1 aliphatic rings. The summed E-state index contributed by atoms with van der Waals surface area (Å²) < 4.78 is 6.56. The van der Waals surface area contributed by atoms with Gasteiger partial charge in [0, 0.05) is 42.8 Å². The molecule has 2 aromatic carbocycles. The van der Waals surface area contributed by atoms with E-state index in [9.17, 15) is 14.7 Å². The topological polar surface area (TPSA) is 94.1 Å². The summed E-state index contributed by atoms with van der Waals surface area (Å²) in [7, 11) is 2.01. The summed E-state index contributed by atoms with van der Waals surface area (Å²) in [5.41, 5.74) is 2.28. The number of carbonyl (C=O) groups is 2. The number of aliphatic hydroxyl groups is 1. The summed E-state index contributed by atoms with van der Waals surface area (Å²) in [4.78, 5) is 29.5. The lowest BCUT2D eigenvalue weighted by atomic mass is 10.0. The second-order valence-corrected chi connectivity index (χ2v) is 11.2. The normalized spacial score (nSPS) is 18.8. The Hall–Kier alpha value is -2.52. The van der Waals surface area contributed by atoms with Gasteiger partial charge in [0.2, 0.25) is 5.91 Å². The van der Waals surface area contributed by atoms with E-state index in [0.29, 0.717) is 46.7 Å². The first-order valence-corrected chi connectivity index (χ1v) is 13.6. The van der Waals surface area contributed by atoms with E-state index in [4.69, 9.17) is 27.9 Å². The number of ether oxygens (including phenoxy) is 1. The Morgan fingerprint density at radius 2 is 1.92 bits per heavy atom. The van der Waals surface area contributed by atoms with Crippen LogP contribution in [0.15, 0.2) is 36.4 Å². The molecule has 1 heterocycles. The molecular weight excluding hydrogens is 527 g/mol. The van der Waals surface area contributed by atoms with Crippen LogP contribution >= 0.6 is 23.2 Å². The second kappa shape index (κ2) is 13.5. The Morgan fingerprint density at radius 3 is 2.58 bits per heavy atom. The SMILES string of the molecule is CC(C)NC(=O)Nc1ccc2c(c1)CC(=O)N([C@@H](C)CO)C[C@@H](C)[C@H](CN(C)Cc1ccc(Cl)c(Cl)c1)O2. The van der Waals surface area contributed by atoms with Crippen molar-refractivity contribution in [1.29, 1.82) is 0 Å². The van der Waals surface area contributed by atoms with Gasteiger partial charge in [-0.3, -0.25) is 9.69 Å². The van der Waals surface area contributed by atoms with Gasteiger partial charge in [-0.05, 0) is 63.7 Å². The smallest absolute Gasteiger partial charge is 0.319 e. The molecule has 0 saturated carbocycles. The fraction of sp³-hybridized carbons (Fsp3) is 0.500. The number of aliphatic hydroxyl groups excluding tert-OH is 1. The molecule has 3 atom stereocenters. The minimum Gasteiger partial charge on any atom is -0.488 e. The van der Waals surface area contributed by atoms with Crippen molar-refractivity contribution in [3.63, 3.8) is 0 Å². The van der Waals surface area contributed by atoms with Gasteiger partial charge in [0.25, 0.3) is 0 Å². The van der Waals surface area contributed by atoms with Crippen molar-refractivity contribution in [1.82, 2.24) is 15.1 Å². The van der Waals surface area contributed by atoms with E-state index in [-0.39, 0.29) is 49.1 Å². The van der Waals surface area contributed by atoms with Gasteiger partial charge in [0.05, 0.1) is 29.1 Å². The maximum atomic E-state index is 13.4. The highest BCUT2D eigenvalue weighted by molar-refractivity contribution is 6.42. The number of urea groups is 1. The number of hydrogen-bond donors (Lipinski definition) is 3. The van der Waals surface area contributed by atoms with Gasteiger partial charge in [-0.1, -0.05) is 36.2 Å². The number of anilines is 1. The molecule has 3 amide bonds. The second-order valence-electron chi connectivity index (χ2n) is 10.4. The standard InChI is InChI=1S/C28H38Cl2N4O4/c1-17(2)31-28(37)32-22-7-9-25-21(11-22)12-27(36)34(19(4)16-35)13-18(3)26(38-25)15-33(5)14-20-6-8-23(29)24(30)10-20/h6-11,17-19,26,35H,12-16H2,1-5H3,(H2,31,32,37)/t18-,19+,26+/m1/s1. The third kappa shape index (κ3) is 8.24.